The first-order valence-corrected chi connectivity index (χ1v) is 9.32. The lowest BCUT2D eigenvalue weighted by Crippen LogP contribution is -2.32. The molecule has 2 saturated heterocycles. The first-order valence-electron chi connectivity index (χ1n) is 9.32. The van der Waals surface area contributed by atoms with Gasteiger partial charge in [-0.15, -0.1) is 0 Å². The van der Waals surface area contributed by atoms with Gasteiger partial charge < -0.3 is 9.47 Å². The molecule has 2 aliphatic heterocycles. The lowest BCUT2D eigenvalue weighted by atomic mass is 10.1. The highest BCUT2D eigenvalue weighted by atomic mass is 16.2. The van der Waals surface area contributed by atoms with Crippen LogP contribution < -0.4 is 0 Å². The van der Waals surface area contributed by atoms with E-state index >= 15 is 0 Å². The van der Waals surface area contributed by atoms with E-state index in [1.807, 2.05) is 41.0 Å². The number of aromatic nitrogens is 2. The number of nitrogens with zero attached hydrogens (tertiary/aromatic N) is 4. The van der Waals surface area contributed by atoms with E-state index in [9.17, 15) is 4.79 Å². The molecule has 0 spiro atoms. The van der Waals surface area contributed by atoms with Crippen LogP contribution >= 0.6 is 0 Å². The maximum absolute atomic E-state index is 12.9. The average molecular weight is 338 g/mol. The molecule has 2 aromatic rings. The van der Waals surface area contributed by atoms with Crippen molar-refractivity contribution in [2.75, 3.05) is 19.6 Å². The van der Waals surface area contributed by atoms with E-state index in [-0.39, 0.29) is 11.9 Å². The summed E-state index contributed by atoms with van der Waals surface area (Å²) in [5.41, 5.74) is 3.03. The van der Waals surface area contributed by atoms with Crippen molar-refractivity contribution < 1.29 is 4.79 Å². The molecule has 25 heavy (non-hydrogen) atoms. The molecule has 1 atom stereocenters. The van der Waals surface area contributed by atoms with Gasteiger partial charge in [0.1, 0.15) is 5.69 Å². The fourth-order valence-corrected chi connectivity index (χ4v) is 4.07. The minimum absolute atomic E-state index is 0.100. The molecule has 1 amide bonds. The van der Waals surface area contributed by atoms with Gasteiger partial charge in [-0.25, -0.2) is 0 Å². The summed E-state index contributed by atoms with van der Waals surface area (Å²) < 4.78 is 1.89. The molecule has 0 unspecified atom stereocenters. The molecule has 0 saturated carbocycles. The standard InChI is InChI=1S/C20H26N4O/c1-22-10-4-7-19(22)20(25)24-13-5-6-18(24)17-9-8-16(14-21-17)15-23-11-2-3-12-23/h4,7-10,14,18H,2-3,5-6,11-13,15H2,1H3/t18-/m1/s1. The number of carbonyl (C=O) groups is 1. The Morgan fingerprint density at radius 2 is 2.00 bits per heavy atom. The van der Waals surface area contributed by atoms with Crippen molar-refractivity contribution in [1.82, 2.24) is 19.4 Å². The first-order chi connectivity index (χ1) is 12.2. The van der Waals surface area contributed by atoms with Gasteiger partial charge in [0, 0.05) is 32.5 Å². The summed E-state index contributed by atoms with van der Waals surface area (Å²) in [4.78, 5) is 22.1. The van der Waals surface area contributed by atoms with Gasteiger partial charge in [0.25, 0.3) is 5.91 Å². The van der Waals surface area contributed by atoms with E-state index in [4.69, 9.17) is 4.98 Å². The van der Waals surface area contributed by atoms with Crippen LogP contribution in [0.15, 0.2) is 36.7 Å². The van der Waals surface area contributed by atoms with Crippen LogP contribution in [0.25, 0.3) is 0 Å². The number of aryl methyl sites for hydroxylation is 1. The number of hydrogen-bond donors (Lipinski definition) is 0. The number of carbonyl (C=O) groups excluding carboxylic acids is 1. The summed E-state index contributed by atoms with van der Waals surface area (Å²) in [6.07, 6.45) is 8.57. The molecular weight excluding hydrogens is 312 g/mol. The van der Waals surface area contributed by atoms with E-state index in [2.05, 4.69) is 17.0 Å². The number of hydrogen-bond acceptors (Lipinski definition) is 3. The summed E-state index contributed by atoms with van der Waals surface area (Å²) in [6, 6.07) is 8.22. The normalized spacial score (nSPS) is 21.2. The summed E-state index contributed by atoms with van der Waals surface area (Å²) in [5.74, 6) is 0.109. The Morgan fingerprint density at radius 3 is 2.68 bits per heavy atom. The highest BCUT2D eigenvalue weighted by Gasteiger charge is 2.32. The highest BCUT2D eigenvalue weighted by Crippen LogP contribution is 2.32. The summed E-state index contributed by atoms with van der Waals surface area (Å²) in [5, 5.41) is 0. The molecule has 2 fully saturated rings. The molecule has 2 aliphatic rings. The van der Waals surface area contributed by atoms with Gasteiger partial charge in [0.05, 0.1) is 11.7 Å². The molecule has 132 valence electrons. The Hall–Kier alpha value is -2.14. The minimum atomic E-state index is 0.100. The van der Waals surface area contributed by atoms with Crippen LogP contribution in [0.3, 0.4) is 0 Å². The molecule has 4 heterocycles. The Bertz CT molecular complexity index is 730. The highest BCUT2D eigenvalue weighted by molar-refractivity contribution is 5.93. The maximum Gasteiger partial charge on any atom is 0.271 e. The fourth-order valence-electron chi connectivity index (χ4n) is 4.07. The summed E-state index contributed by atoms with van der Waals surface area (Å²) in [6.45, 7) is 4.20. The Balaban J connectivity index is 1.48. The predicted molar refractivity (Wildman–Crippen MR) is 97.2 cm³/mol. The van der Waals surface area contributed by atoms with Crippen LogP contribution in [0.5, 0.6) is 0 Å². The molecule has 4 rings (SSSR count). The smallest absolute Gasteiger partial charge is 0.271 e. The lowest BCUT2D eigenvalue weighted by Gasteiger charge is -2.25. The second-order valence-corrected chi connectivity index (χ2v) is 7.24. The van der Waals surface area contributed by atoms with E-state index in [1.54, 1.807) is 0 Å². The van der Waals surface area contributed by atoms with Gasteiger partial charge in [-0.3, -0.25) is 14.7 Å². The molecule has 0 aliphatic carbocycles. The minimum Gasteiger partial charge on any atom is -0.347 e. The Kier molecular flexibility index (Phi) is 4.57. The molecule has 5 nitrogen and oxygen atoms in total. The third kappa shape index (κ3) is 3.33. The molecule has 0 radical (unpaired) electrons. The van der Waals surface area contributed by atoms with Crippen molar-refractivity contribution in [1.29, 1.82) is 0 Å². The van der Waals surface area contributed by atoms with Gasteiger partial charge in [-0.05, 0) is 62.5 Å². The van der Waals surface area contributed by atoms with Gasteiger partial charge in [-0.2, -0.15) is 0 Å². The quantitative estimate of drug-likeness (QED) is 0.860. The van der Waals surface area contributed by atoms with Gasteiger partial charge >= 0.3 is 0 Å². The van der Waals surface area contributed by atoms with Crippen molar-refractivity contribution in [3.8, 4) is 0 Å². The van der Waals surface area contributed by atoms with Crippen molar-refractivity contribution >= 4 is 5.91 Å². The van der Waals surface area contributed by atoms with Crippen LogP contribution in [0.4, 0.5) is 0 Å². The topological polar surface area (TPSA) is 41.4 Å². The first kappa shape index (κ1) is 16.3. The van der Waals surface area contributed by atoms with Crippen molar-refractivity contribution in [3.05, 3.63) is 53.6 Å². The van der Waals surface area contributed by atoms with Crippen molar-refractivity contribution in [3.63, 3.8) is 0 Å². The summed E-state index contributed by atoms with van der Waals surface area (Å²) in [7, 11) is 1.92. The summed E-state index contributed by atoms with van der Waals surface area (Å²) >= 11 is 0. The van der Waals surface area contributed by atoms with Crippen molar-refractivity contribution in [2.45, 2.75) is 38.3 Å². The lowest BCUT2D eigenvalue weighted by molar-refractivity contribution is 0.0723. The third-order valence-electron chi connectivity index (χ3n) is 5.47. The van der Waals surface area contributed by atoms with Crippen LogP contribution in [-0.4, -0.2) is 44.9 Å². The second kappa shape index (κ2) is 7.00. The maximum atomic E-state index is 12.9. The molecule has 5 heteroatoms. The van der Waals surface area contributed by atoms with Gasteiger partial charge in [0.15, 0.2) is 0 Å². The van der Waals surface area contributed by atoms with Crippen LogP contribution in [0.1, 0.15) is 53.5 Å². The van der Waals surface area contributed by atoms with Gasteiger partial charge in [-0.1, -0.05) is 6.07 Å². The molecule has 0 bridgehead atoms. The second-order valence-electron chi connectivity index (χ2n) is 7.24. The van der Waals surface area contributed by atoms with Gasteiger partial charge in [0.2, 0.25) is 0 Å². The van der Waals surface area contributed by atoms with Crippen LogP contribution in [0.2, 0.25) is 0 Å². The largest absolute Gasteiger partial charge is 0.347 e. The Morgan fingerprint density at radius 1 is 1.16 bits per heavy atom. The van der Waals surface area contributed by atoms with Crippen molar-refractivity contribution in [2.24, 2.45) is 7.05 Å². The monoisotopic (exact) mass is 338 g/mol. The predicted octanol–water partition coefficient (Wildman–Crippen LogP) is 2.99. The zero-order valence-electron chi connectivity index (χ0n) is 14.9. The van der Waals surface area contributed by atoms with E-state index in [1.165, 1.54) is 31.5 Å². The number of amides is 1. The van der Waals surface area contributed by atoms with Crippen LogP contribution in [-0.2, 0) is 13.6 Å². The molecular formula is C20H26N4O. The molecule has 2 aromatic heterocycles. The SMILES string of the molecule is Cn1cccc1C(=O)N1CCC[C@@H]1c1ccc(CN2CCCC2)cn1. The van der Waals surface area contributed by atoms with E-state index in [0.717, 1.165) is 37.3 Å². The Labute approximate surface area is 149 Å². The zero-order valence-corrected chi connectivity index (χ0v) is 14.9. The number of pyridine rings is 1. The number of rotatable bonds is 4. The van der Waals surface area contributed by atoms with E-state index in [0.29, 0.717) is 0 Å². The van der Waals surface area contributed by atoms with Crippen LogP contribution in [0, 0.1) is 0 Å². The number of likely N-dealkylation sites (tertiary alicyclic amines) is 2. The third-order valence-corrected chi connectivity index (χ3v) is 5.47. The zero-order chi connectivity index (χ0) is 17.2. The fraction of sp³-hybridized carbons (Fsp3) is 0.500. The molecule has 0 N–H and O–H groups in total. The average Bonchev–Trinajstić information content (AvgIpc) is 3.36. The molecule has 0 aromatic carbocycles. The van der Waals surface area contributed by atoms with E-state index < -0.39 is 0 Å².